The van der Waals surface area contributed by atoms with Crippen LogP contribution in [-0.2, 0) is 9.53 Å². The van der Waals surface area contributed by atoms with Gasteiger partial charge in [-0.2, -0.15) is 0 Å². The lowest BCUT2D eigenvalue weighted by atomic mass is 10.1. The maximum Gasteiger partial charge on any atom is 0.223 e. The minimum atomic E-state index is 0.192. The van der Waals surface area contributed by atoms with Gasteiger partial charge in [0.05, 0.1) is 25.1 Å². The molecule has 0 bridgehead atoms. The summed E-state index contributed by atoms with van der Waals surface area (Å²) < 4.78 is 5.65. The van der Waals surface area contributed by atoms with Gasteiger partial charge < -0.3 is 20.3 Å². The number of allylic oxidation sites excluding steroid dienone is 3. The van der Waals surface area contributed by atoms with Crippen LogP contribution in [0.3, 0.4) is 0 Å². The van der Waals surface area contributed by atoms with E-state index in [0.717, 1.165) is 30.9 Å². The van der Waals surface area contributed by atoms with Crippen LogP contribution in [0.4, 0.5) is 0 Å². The maximum atomic E-state index is 12.0. The lowest BCUT2D eigenvalue weighted by molar-refractivity contribution is -0.123. The van der Waals surface area contributed by atoms with E-state index in [2.05, 4.69) is 27.2 Å². The highest BCUT2D eigenvalue weighted by Gasteiger charge is 2.56. The highest BCUT2D eigenvalue weighted by Crippen LogP contribution is 2.48. The molecular formula is C18H26N4O2. The Morgan fingerprint density at radius 3 is 3.04 bits per heavy atom. The number of nitrogens with zero attached hydrogens (tertiary/aromatic N) is 2. The molecule has 3 rings (SSSR count). The van der Waals surface area contributed by atoms with Gasteiger partial charge in [0.2, 0.25) is 5.91 Å². The topological polar surface area (TPSA) is 66.0 Å². The fourth-order valence-electron chi connectivity index (χ4n) is 3.58. The van der Waals surface area contributed by atoms with E-state index < -0.39 is 0 Å². The molecule has 130 valence electrons. The van der Waals surface area contributed by atoms with Crippen LogP contribution in [0, 0.1) is 17.8 Å². The average molecular weight is 330 g/mol. The van der Waals surface area contributed by atoms with Crippen LogP contribution in [0.25, 0.3) is 0 Å². The lowest BCUT2D eigenvalue weighted by Gasteiger charge is -2.26. The van der Waals surface area contributed by atoms with Gasteiger partial charge in [0.15, 0.2) is 0 Å². The molecule has 6 heteroatoms. The van der Waals surface area contributed by atoms with Gasteiger partial charge in [-0.3, -0.25) is 9.79 Å². The van der Waals surface area contributed by atoms with Gasteiger partial charge >= 0.3 is 0 Å². The highest BCUT2D eigenvalue weighted by atomic mass is 16.5. The summed E-state index contributed by atoms with van der Waals surface area (Å²) in [6, 6.07) is 0. The van der Waals surface area contributed by atoms with Gasteiger partial charge in [0.1, 0.15) is 0 Å². The van der Waals surface area contributed by atoms with Gasteiger partial charge in [0, 0.05) is 25.2 Å². The molecule has 1 saturated heterocycles. The first-order chi connectivity index (χ1) is 11.7. The van der Waals surface area contributed by atoms with Crippen LogP contribution >= 0.6 is 0 Å². The second-order valence-electron chi connectivity index (χ2n) is 6.50. The number of hydrogen-bond acceptors (Lipinski definition) is 5. The molecule has 1 aliphatic carbocycles. The molecule has 0 aromatic carbocycles. The summed E-state index contributed by atoms with van der Waals surface area (Å²) in [7, 11) is 0. The molecule has 0 radical (unpaired) electrons. The zero-order chi connectivity index (χ0) is 16.9. The van der Waals surface area contributed by atoms with Crippen molar-refractivity contribution in [1.82, 2.24) is 15.5 Å². The van der Waals surface area contributed by atoms with E-state index in [9.17, 15) is 4.79 Å². The van der Waals surface area contributed by atoms with Gasteiger partial charge in [-0.05, 0) is 50.2 Å². The van der Waals surface area contributed by atoms with E-state index in [1.807, 2.05) is 25.3 Å². The smallest absolute Gasteiger partial charge is 0.223 e. The maximum absolute atomic E-state index is 12.0. The van der Waals surface area contributed by atoms with Crippen LogP contribution in [0.5, 0.6) is 0 Å². The minimum Gasteiger partial charge on any atom is -0.378 e. The third-order valence-corrected chi connectivity index (χ3v) is 4.96. The zero-order valence-electron chi connectivity index (χ0n) is 14.2. The summed E-state index contributed by atoms with van der Waals surface area (Å²) in [5, 5.41) is 6.29. The fourth-order valence-corrected chi connectivity index (χ4v) is 3.58. The summed E-state index contributed by atoms with van der Waals surface area (Å²) in [5.41, 5.74) is 2.19. The van der Waals surface area contributed by atoms with Crippen LogP contribution in [0.2, 0.25) is 0 Å². The predicted octanol–water partition coefficient (Wildman–Crippen LogP) is 0.902. The molecule has 24 heavy (non-hydrogen) atoms. The van der Waals surface area contributed by atoms with Gasteiger partial charge in [0.25, 0.3) is 0 Å². The number of amides is 1. The summed E-state index contributed by atoms with van der Waals surface area (Å²) >= 11 is 0. The van der Waals surface area contributed by atoms with E-state index in [1.165, 1.54) is 0 Å². The van der Waals surface area contributed by atoms with Crippen LogP contribution in [0.1, 0.15) is 6.92 Å². The van der Waals surface area contributed by atoms with Crippen molar-refractivity contribution in [3.63, 3.8) is 0 Å². The number of hydrogen-bond donors (Lipinski definition) is 2. The molecule has 6 nitrogen and oxygen atoms in total. The Morgan fingerprint density at radius 2 is 2.29 bits per heavy atom. The number of piperidine rings is 1. The second kappa shape index (κ2) is 7.77. The molecular weight excluding hydrogens is 304 g/mol. The molecule has 2 fully saturated rings. The number of aliphatic imine (C=N–C) groups is 1. The third kappa shape index (κ3) is 3.76. The summed E-state index contributed by atoms with van der Waals surface area (Å²) in [4.78, 5) is 18.0. The molecule has 0 spiro atoms. The molecule has 0 aromatic heterocycles. The summed E-state index contributed by atoms with van der Waals surface area (Å²) in [6.45, 7) is 10.0. The Hall–Kier alpha value is -1.92. The van der Waals surface area contributed by atoms with Crippen molar-refractivity contribution in [3.05, 3.63) is 35.8 Å². The largest absolute Gasteiger partial charge is 0.378 e. The second-order valence-corrected chi connectivity index (χ2v) is 6.50. The zero-order valence-corrected chi connectivity index (χ0v) is 14.2. The number of nitrogens with one attached hydrogen (secondary N) is 2. The van der Waals surface area contributed by atoms with E-state index in [4.69, 9.17) is 4.74 Å². The monoisotopic (exact) mass is 330 g/mol. The van der Waals surface area contributed by atoms with Gasteiger partial charge in [-0.15, -0.1) is 0 Å². The van der Waals surface area contributed by atoms with E-state index >= 15 is 0 Å². The van der Waals surface area contributed by atoms with Crippen molar-refractivity contribution in [2.45, 2.75) is 6.92 Å². The molecule has 3 atom stereocenters. The number of carbonyl (C=O) groups excluding carboxylic acids is 1. The number of fused-ring (bicyclic) bond motifs is 1. The van der Waals surface area contributed by atoms with Crippen molar-refractivity contribution >= 4 is 12.6 Å². The van der Waals surface area contributed by atoms with E-state index in [-0.39, 0.29) is 11.8 Å². The molecule has 2 heterocycles. The Balaban J connectivity index is 1.29. The Labute approximate surface area is 143 Å². The molecule has 0 aromatic rings. The van der Waals surface area contributed by atoms with Crippen LogP contribution < -0.4 is 10.6 Å². The Bertz CT molecular complexity index is 572. The van der Waals surface area contributed by atoms with Crippen molar-refractivity contribution < 1.29 is 9.53 Å². The van der Waals surface area contributed by atoms with Crippen molar-refractivity contribution in [3.8, 4) is 0 Å². The number of carbonyl (C=O) groups is 1. The standard InChI is InChI=1S/C18H26N4O2/c1-13-4-3-6-22(16(13)12-19-2)7-9-24-8-5-21-18(23)17-14-10-20-11-15(14)17/h3-4,6,12,14-15,17,20H,2,5,7-11H2,1H3,(H,21,23)/b16-12-/t14-,15+,17+. The van der Waals surface area contributed by atoms with Gasteiger partial charge in [-0.25, -0.2) is 0 Å². The van der Waals surface area contributed by atoms with Crippen molar-refractivity contribution in [2.24, 2.45) is 22.7 Å². The van der Waals surface area contributed by atoms with Crippen molar-refractivity contribution in [1.29, 1.82) is 0 Å². The fraction of sp³-hybridized carbons (Fsp3) is 0.556. The van der Waals surface area contributed by atoms with E-state index in [1.54, 1.807) is 6.20 Å². The van der Waals surface area contributed by atoms with Crippen LogP contribution in [0.15, 0.2) is 40.8 Å². The normalized spacial score (nSPS) is 29.4. The van der Waals surface area contributed by atoms with Crippen molar-refractivity contribution in [2.75, 3.05) is 39.4 Å². The Kier molecular flexibility index (Phi) is 5.48. The average Bonchev–Trinajstić information content (AvgIpc) is 3.06. The first-order valence-electron chi connectivity index (χ1n) is 8.56. The quantitative estimate of drug-likeness (QED) is 0.513. The molecule has 3 aliphatic rings. The molecule has 1 saturated carbocycles. The minimum absolute atomic E-state index is 0.192. The van der Waals surface area contributed by atoms with Crippen LogP contribution in [-0.4, -0.2) is 56.9 Å². The SMILES string of the molecule is C=N/C=C1/C(C)=CC=CN1CCOCCNC(=O)[C@H]1[C@@H]2CNC[C@@H]21. The first-order valence-corrected chi connectivity index (χ1v) is 8.56. The third-order valence-electron chi connectivity index (χ3n) is 4.96. The Morgan fingerprint density at radius 1 is 1.50 bits per heavy atom. The highest BCUT2D eigenvalue weighted by molar-refractivity contribution is 5.82. The number of rotatable bonds is 8. The summed E-state index contributed by atoms with van der Waals surface area (Å²) in [6.07, 6.45) is 7.83. The molecule has 2 aliphatic heterocycles. The molecule has 1 amide bonds. The lowest BCUT2D eigenvalue weighted by Crippen LogP contribution is -2.32. The van der Waals surface area contributed by atoms with E-state index in [0.29, 0.717) is 31.6 Å². The first kappa shape index (κ1) is 16.9. The van der Waals surface area contributed by atoms with Gasteiger partial charge in [-0.1, -0.05) is 6.08 Å². The number of ether oxygens (including phenoxy) is 1. The predicted molar refractivity (Wildman–Crippen MR) is 94.4 cm³/mol. The molecule has 2 N–H and O–H groups in total. The summed E-state index contributed by atoms with van der Waals surface area (Å²) in [5.74, 6) is 1.56. The molecule has 0 unspecified atom stereocenters.